The van der Waals surface area contributed by atoms with Crippen LogP contribution in [0.3, 0.4) is 0 Å². The third-order valence-corrected chi connectivity index (χ3v) is 6.42. The van der Waals surface area contributed by atoms with E-state index >= 15 is 0 Å². The van der Waals surface area contributed by atoms with Gasteiger partial charge in [0, 0.05) is 11.7 Å². The summed E-state index contributed by atoms with van der Waals surface area (Å²) in [4.78, 5) is 16.4. The molecule has 0 saturated heterocycles. The van der Waals surface area contributed by atoms with Crippen molar-refractivity contribution in [1.82, 2.24) is 9.55 Å². The highest BCUT2D eigenvalue weighted by Crippen LogP contribution is 2.46. The Morgan fingerprint density at radius 1 is 1.18 bits per heavy atom. The average molecular weight is 476 g/mol. The van der Waals surface area contributed by atoms with Crippen LogP contribution in [0.5, 0.6) is 5.75 Å². The minimum absolute atomic E-state index is 0.128. The number of imidazole rings is 1. The molecule has 1 fully saturated rings. The van der Waals surface area contributed by atoms with Crippen molar-refractivity contribution in [3.63, 3.8) is 0 Å². The Balaban J connectivity index is 1.78. The number of hydrogen-bond donors (Lipinski definition) is 2. The van der Waals surface area contributed by atoms with E-state index in [4.69, 9.17) is 4.98 Å². The molecular weight excluding hydrogens is 447 g/mol. The maximum Gasteiger partial charge on any atom is 0.573 e. The van der Waals surface area contributed by atoms with Gasteiger partial charge in [-0.25, -0.2) is 9.78 Å². The second kappa shape index (κ2) is 8.52. The van der Waals surface area contributed by atoms with Gasteiger partial charge in [-0.1, -0.05) is 20.8 Å². The number of aryl methyl sites for hydroxylation is 1. The lowest BCUT2D eigenvalue weighted by Crippen LogP contribution is -2.29. The molecule has 182 valence electrons. The molecule has 2 aromatic carbocycles. The van der Waals surface area contributed by atoms with Crippen molar-refractivity contribution in [2.24, 2.45) is 11.3 Å². The highest BCUT2D eigenvalue weighted by atomic mass is 19.4. The molecule has 1 saturated carbocycles. The molecule has 0 amide bonds. The number of benzene rings is 2. The standard InChI is InChI=1S/C25H28F3N3O3/c1-14-11-17(13-24(3,4)12-14)31-20-10-9-19(22(32)33)15(2)21(20)30-23(31)29-16-5-7-18(8-6-16)34-25(26,27)28/h5-10,14,17H,11-13H2,1-4H3,(H,29,30)(H,32,33)/t14-,17+/m0/s1. The number of nitrogens with zero attached hydrogens (tertiary/aromatic N) is 2. The van der Waals surface area contributed by atoms with Gasteiger partial charge in [0.2, 0.25) is 5.95 Å². The fourth-order valence-corrected chi connectivity index (χ4v) is 5.35. The number of ether oxygens (including phenoxy) is 1. The van der Waals surface area contributed by atoms with Crippen LogP contribution in [0, 0.1) is 18.3 Å². The van der Waals surface area contributed by atoms with Crippen LogP contribution < -0.4 is 10.1 Å². The van der Waals surface area contributed by atoms with E-state index in [1.807, 2.05) is 0 Å². The van der Waals surface area contributed by atoms with Gasteiger partial charge in [-0.15, -0.1) is 13.2 Å². The SMILES string of the molecule is Cc1c(C(=O)O)ccc2c1nc(Nc1ccc(OC(F)(F)F)cc1)n2[C@@H]1C[C@H](C)CC(C)(C)C1. The van der Waals surface area contributed by atoms with Gasteiger partial charge in [-0.05, 0) is 79.5 Å². The maximum atomic E-state index is 12.5. The number of fused-ring (bicyclic) bond motifs is 1. The lowest BCUT2D eigenvalue weighted by atomic mass is 9.70. The lowest BCUT2D eigenvalue weighted by molar-refractivity contribution is -0.274. The number of carboxylic acid groups (broad SMARTS) is 1. The first-order valence-electron chi connectivity index (χ1n) is 11.2. The van der Waals surface area contributed by atoms with Crippen molar-refractivity contribution < 1.29 is 27.8 Å². The summed E-state index contributed by atoms with van der Waals surface area (Å²) in [5.74, 6) is -0.301. The van der Waals surface area contributed by atoms with Gasteiger partial charge in [0.05, 0.1) is 16.6 Å². The van der Waals surface area contributed by atoms with E-state index in [1.165, 1.54) is 24.3 Å². The number of hydrogen-bond acceptors (Lipinski definition) is 4. The van der Waals surface area contributed by atoms with Crippen molar-refractivity contribution in [3.05, 3.63) is 47.5 Å². The Labute approximate surface area is 195 Å². The van der Waals surface area contributed by atoms with Gasteiger partial charge >= 0.3 is 12.3 Å². The Bertz CT molecular complexity index is 1220. The number of alkyl halides is 3. The molecule has 0 radical (unpaired) electrons. The minimum atomic E-state index is -4.76. The molecular formula is C25H28F3N3O3. The summed E-state index contributed by atoms with van der Waals surface area (Å²) in [6, 6.07) is 8.99. The Kier molecular flexibility index (Phi) is 5.99. The molecule has 0 bridgehead atoms. The first kappa shape index (κ1) is 23.9. The fraction of sp³-hybridized carbons (Fsp3) is 0.440. The van der Waals surface area contributed by atoms with E-state index < -0.39 is 12.3 Å². The second-order valence-electron chi connectivity index (χ2n) is 9.98. The van der Waals surface area contributed by atoms with E-state index in [-0.39, 0.29) is 22.8 Å². The number of rotatable bonds is 5. The topological polar surface area (TPSA) is 76.4 Å². The van der Waals surface area contributed by atoms with Crippen molar-refractivity contribution >= 4 is 28.6 Å². The van der Waals surface area contributed by atoms with E-state index in [0.29, 0.717) is 28.6 Å². The molecule has 0 spiro atoms. The van der Waals surface area contributed by atoms with Crippen LogP contribution in [-0.4, -0.2) is 27.0 Å². The normalized spacial score (nSPS) is 20.3. The number of carbonyl (C=O) groups is 1. The maximum absolute atomic E-state index is 12.5. The van der Waals surface area contributed by atoms with Crippen molar-refractivity contribution in [2.45, 2.75) is 59.4 Å². The van der Waals surface area contributed by atoms with Crippen molar-refractivity contribution in [3.8, 4) is 5.75 Å². The van der Waals surface area contributed by atoms with Gasteiger partial charge in [0.1, 0.15) is 5.75 Å². The molecule has 1 heterocycles. The minimum Gasteiger partial charge on any atom is -0.478 e. The van der Waals surface area contributed by atoms with Crippen LogP contribution in [0.2, 0.25) is 0 Å². The predicted molar refractivity (Wildman–Crippen MR) is 124 cm³/mol. The molecule has 1 aliphatic carbocycles. The zero-order chi connectivity index (χ0) is 24.8. The summed E-state index contributed by atoms with van der Waals surface area (Å²) >= 11 is 0. The Morgan fingerprint density at radius 2 is 1.85 bits per heavy atom. The second-order valence-corrected chi connectivity index (χ2v) is 9.98. The van der Waals surface area contributed by atoms with E-state index in [9.17, 15) is 23.1 Å². The summed E-state index contributed by atoms with van der Waals surface area (Å²) in [7, 11) is 0. The van der Waals surface area contributed by atoms with Crippen LogP contribution >= 0.6 is 0 Å². The van der Waals surface area contributed by atoms with E-state index in [1.54, 1.807) is 19.1 Å². The molecule has 4 rings (SSSR count). The summed E-state index contributed by atoms with van der Waals surface area (Å²) in [6.07, 6.45) is -1.77. The van der Waals surface area contributed by atoms with Gasteiger partial charge < -0.3 is 19.7 Å². The molecule has 2 N–H and O–H groups in total. The fourth-order valence-electron chi connectivity index (χ4n) is 5.35. The van der Waals surface area contributed by atoms with Crippen LogP contribution in [0.25, 0.3) is 11.0 Å². The molecule has 1 aliphatic rings. The van der Waals surface area contributed by atoms with Crippen LogP contribution in [0.4, 0.5) is 24.8 Å². The quantitative estimate of drug-likeness (QED) is 0.413. The number of carboxylic acids is 1. The summed E-state index contributed by atoms with van der Waals surface area (Å²) in [6.45, 7) is 8.46. The number of nitrogens with one attached hydrogen (secondary N) is 1. The van der Waals surface area contributed by atoms with Gasteiger partial charge in [-0.2, -0.15) is 0 Å². The summed E-state index contributed by atoms with van der Waals surface area (Å²) in [5.41, 5.74) is 2.86. The smallest absolute Gasteiger partial charge is 0.478 e. The molecule has 0 aliphatic heterocycles. The van der Waals surface area contributed by atoms with Crippen LogP contribution in [0.1, 0.15) is 62.0 Å². The number of halogens is 3. The van der Waals surface area contributed by atoms with Crippen LogP contribution in [-0.2, 0) is 0 Å². The zero-order valence-electron chi connectivity index (χ0n) is 19.5. The third-order valence-electron chi connectivity index (χ3n) is 6.42. The zero-order valence-corrected chi connectivity index (χ0v) is 19.5. The van der Waals surface area contributed by atoms with Gasteiger partial charge in [0.15, 0.2) is 0 Å². The van der Waals surface area contributed by atoms with E-state index in [2.05, 4.69) is 35.4 Å². The van der Waals surface area contributed by atoms with Crippen molar-refractivity contribution in [2.75, 3.05) is 5.32 Å². The first-order valence-corrected chi connectivity index (χ1v) is 11.2. The van der Waals surface area contributed by atoms with Crippen molar-refractivity contribution in [1.29, 1.82) is 0 Å². The lowest BCUT2D eigenvalue weighted by Gasteiger charge is -2.40. The van der Waals surface area contributed by atoms with Gasteiger partial charge in [0.25, 0.3) is 0 Å². The highest BCUT2D eigenvalue weighted by molar-refractivity contribution is 5.96. The first-order chi connectivity index (χ1) is 15.8. The number of aromatic nitrogens is 2. The predicted octanol–water partition coefficient (Wildman–Crippen LogP) is 7.07. The largest absolute Gasteiger partial charge is 0.573 e. The molecule has 0 unspecified atom stereocenters. The number of anilines is 2. The molecule has 2 atom stereocenters. The highest BCUT2D eigenvalue weighted by Gasteiger charge is 2.35. The van der Waals surface area contributed by atoms with Crippen LogP contribution in [0.15, 0.2) is 36.4 Å². The molecule has 1 aromatic heterocycles. The Hall–Kier alpha value is -3.23. The Morgan fingerprint density at radius 3 is 2.44 bits per heavy atom. The number of aromatic carboxylic acids is 1. The molecule has 34 heavy (non-hydrogen) atoms. The molecule has 6 nitrogen and oxygen atoms in total. The third kappa shape index (κ3) is 4.98. The monoisotopic (exact) mass is 475 g/mol. The van der Waals surface area contributed by atoms with E-state index in [0.717, 1.165) is 24.8 Å². The summed E-state index contributed by atoms with van der Waals surface area (Å²) < 4.78 is 43.6. The average Bonchev–Trinajstić information content (AvgIpc) is 3.06. The van der Waals surface area contributed by atoms with Gasteiger partial charge in [-0.3, -0.25) is 0 Å². The molecule has 3 aromatic rings. The summed E-state index contributed by atoms with van der Waals surface area (Å²) in [5, 5.41) is 12.8. The molecule has 9 heteroatoms.